The molecule has 0 aliphatic carbocycles. The van der Waals surface area contributed by atoms with E-state index in [4.69, 9.17) is 23.2 Å². The molecule has 2 unspecified atom stereocenters. The third kappa shape index (κ3) is 7.99. The average molecular weight is 605 g/mol. The summed E-state index contributed by atoms with van der Waals surface area (Å²) in [4.78, 5) is 28.8. The molecule has 3 aromatic rings. The van der Waals surface area contributed by atoms with Gasteiger partial charge < -0.3 is 10.2 Å². The van der Waals surface area contributed by atoms with Crippen molar-refractivity contribution in [1.29, 1.82) is 0 Å². The number of nitrogens with zero attached hydrogens (tertiary/aromatic N) is 2. The molecule has 0 aliphatic heterocycles. The second-order valence-electron chi connectivity index (χ2n) is 9.49. The van der Waals surface area contributed by atoms with Crippen LogP contribution < -0.4 is 9.62 Å². The molecule has 0 saturated carbocycles. The van der Waals surface area contributed by atoms with Crippen molar-refractivity contribution in [2.24, 2.45) is 0 Å². The summed E-state index contributed by atoms with van der Waals surface area (Å²) in [6.07, 6.45) is 1.58. The van der Waals surface area contributed by atoms with Gasteiger partial charge in [0.05, 0.1) is 15.6 Å². The molecule has 40 heavy (non-hydrogen) atoms. The van der Waals surface area contributed by atoms with E-state index >= 15 is 0 Å². The quantitative estimate of drug-likeness (QED) is 0.261. The molecule has 0 heterocycles. The van der Waals surface area contributed by atoms with E-state index in [1.807, 2.05) is 51.1 Å². The first-order chi connectivity index (χ1) is 19.1. The Morgan fingerprint density at radius 1 is 0.900 bits per heavy atom. The van der Waals surface area contributed by atoms with Gasteiger partial charge in [0.25, 0.3) is 10.0 Å². The van der Waals surface area contributed by atoms with Crippen molar-refractivity contribution in [1.82, 2.24) is 10.2 Å². The van der Waals surface area contributed by atoms with Crippen LogP contribution in [0.1, 0.15) is 39.2 Å². The van der Waals surface area contributed by atoms with Crippen molar-refractivity contribution < 1.29 is 18.0 Å². The van der Waals surface area contributed by atoms with Crippen LogP contribution in [0.5, 0.6) is 0 Å². The SMILES string of the molecule is CCC(C)NC(=O)C(CC)N(CCc1ccccc1)C(=O)CN(c1cc(Cl)ccc1Cl)S(=O)(=O)c1ccccc1. The highest BCUT2D eigenvalue weighted by Crippen LogP contribution is 2.33. The molecule has 0 radical (unpaired) electrons. The second kappa shape index (κ2) is 14.5. The van der Waals surface area contributed by atoms with E-state index in [1.165, 1.54) is 29.2 Å². The lowest BCUT2D eigenvalue weighted by Crippen LogP contribution is -2.54. The number of carbonyl (C=O) groups is 2. The van der Waals surface area contributed by atoms with Gasteiger partial charge in [-0.15, -0.1) is 0 Å². The zero-order chi connectivity index (χ0) is 29.3. The van der Waals surface area contributed by atoms with Gasteiger partial charge in [-0.3, -0.25) is 13.9 Å². The maximum absolute atomic E-state index is 14.0. The lowest BCUT2D eigenvalue weighted by molar-refractivity contribution is -0.139. The van der Waals surface area contributed by atoms with Gasteiger partial charge >= 0.3 is 0 Å². The predicted octanol–water partition coefficient (Wildman–Crippen LogP) is 5.95. The molecule has 3 aromatic carbocycles. The molecule has 0 saturated heterocycles. The molecule has 0 fully saturated rings. The first kappa shape index (κ1) is 31.5. The van der Waals surface area contributed by atoms with Crippen LogP contribution in [-0.2, 0) is 26.0 Å². The van der Waals surface area contributed by atoms with E-state index in [1.54, 1.807) is 24.3 Å². The van der Waals surface area contributed by atoms with Gasteiger partial charge in [0.1, 0.15) is 12.6 Å². The maximum atomic E-state index is 14.0. The topological polar surface area (TPSA) is 86.8 Å². The van der Waals surface area contributed by atoms with E-state index < -0.39 is 28.5 Å². The highest BCUT2D eigenvalue weighted by Gasteiger charge is 2.34. The van der Waals surface area contributed by atoms with Crippen LogP contribution in [0.2, 0.25) is 10.0 Å². The standard InChI is InChI=1S/C30H35Cl2N3O4S/c1-4-22(3)33-30(37)27(5-2)34(19-18-23-12-8-6-9-13-23)29(36)21-35(28-20-24(31)16-17-26(28)32)40(38,39)25-14-10-7-11-15-25/h6-17,20,22,27H,4-5,18-19,21H2,1-3H3,(H,33,37). The average Bonchev–Trinajstić information content (AvgIpc) is 2.95. The van der Waals surface area contributed by atoms with Gasteiger partial charge in [-0.1, -0.05) is 85.6 Å². The van der Waals surface area contributed by atoms with E-state index in [0.29, 0.717) is 12.8 Å². The minimum absolute atomic E-state index is 0.00349. The van der Waals surface area contributed by atoms with Crippen LogP contribution in [0.15, 0.2) is 83.8 Å². The van der Waals surface area contributed by atoms with Crippen molar-refractivity contribution in [2.45, 2.75) is 57.0 Å². The molecule has 0 aromatic heterocycles. The molecule has 2 amide bonds. The van der Waals surface area contributed by atoms with E-state index in [2.05, 4.69) is 5.32 Å². The van der Waals surface area contributed by atoms with Gasteiger partial charge in [0.2, 0.25) is 11.8 Å². The fourth-order valence-corrected chi connectivity index (χ4v) is 6.13. The Hall–Kier alpha value is -3.07. The smallest absolute Gasteiger partial charge is 0.264 e. The van der Waals surface area contributed by atoms with E-state index in [9.17, 15) is 18.0 Å². The number of nitrogens with one attached hydrogen (secondary N) is 1. The lowest BCUT2D eigenvalue weighted by Gasteiger charge is -2.34. The minimum atomic E-state index is -4.22. The van der Waals surface area contributed by atoms with Gasteiger partial charge in [0, 0.05) is 17.6 Å². The van der Waals surface area contributed by atoms with Gasteiger partial charge in [-0.2, -0.15) is 0 Å². The minimum Gasteiger partial charge on any atom is -0.352 e. The summed E-state index contributed by atoms with van der Waals surface area (Å²) in [7, 11) is -4.22. The Balaban J connectivity index is 2.04. The van der Waals surface area contributed by atoms with Crippen LogP contribution in [0.25, 0.3) is 0 Å². The molecular weight excluding hydrogens is 569 g/mol. The van der Waals surface area contributed by atoms with Crippen molar-refractivity contribution in [3.63, 3.8) is 0 Å². The second-order valence-corrected chi connectivity index (χ2v) is 12.2. The molecule has 1 N–H and O–H groups in total. The Kier molecular flexibility index (Phi) is 11.4. The summed E-state index contributed by atoms with van der Waals surface area (Å²) in [6, 6.07) is 21.0. The highest BCUT2D eigenvalue weighted by atomic mass is 35.5. The highest BCUT2D eigenvalue weighted by molar-refractivity contribution is 7.92. The fraction of sp³-hybridized carbons (Fsp3) is 0.333. The summed E-state index contributed by atoms with van der Waals surface area (Å²) < 4.78 is 28.7. The van der Waals surface area contributed by atoms with Crippen molar-refractivity contribution >= 4 is 50.7 Å². The number of anilines is 1. The molecular formula is C30H35Cl2N3O4S. The van der Waals surface area contributed by atoms with Gasteiger partial charge in [-0.05, 0) is 62.1 Å². The molecule has 2 atom stereocenters. The van der Waals surface area contributed by atoms with Crippen molar-refractivity contribution in [3.8, 4) is 0 Å². The number of hydrogen-bond donors (Lipinski definition) is 1. The maximum Gasteiger partial charge on any atom is 0.264 e. The summed E-state index contributed by atoms with van der Waals surface area (Å²) in [5.74, 6) is -0.811. The summed E-state index contributed by atoms with van der Waals surface area (Å²) >= 11 is 12.7. The third-order valence-corrected chi connectivity index (χ3v) is 8.99. The van der Waals surface area contributed by atoms with Crippen LogP contribution in [-0.4, -0.2) is 50.3 Å². The third-order valence-electron chi connectivity index (χ3n) is 6.66. The number of amides is 2. The molecule has 214 valence electrons. The lowest BCUT2D eigenvalue weighted by atomic mass is 10.1. The molecule has 0 spiro atoms. The number of benzene rings is 3. The normalized spacial score (nSPS) is 12.8. The van der Waals surface area contributed by atoms with E-state index in [-0.39, 0.29) is 39.1 Å². The Bertz CT molecular complexity index is 1390. The Morgan fingerprint density at radius 3 is 2.12 bits per heavy atom. The van der Waals surface area contributed by atoms with Crippen LogP contribution in [0, 0.1) is 0 Å². The number of carbonyl (C=O) groups excluding carboxylic acids is 2. The van der Waals surface area contributed by atoms with Gasteiger partial charge in [-0.25, -0.2) is 8.42 Å². The van der Waals surface area contributed by atoms with E-state index in [0.717, 1.165) is 16.3 Å². The molecule has 0 bridgehead atoms. The fourth-order valence-electron chi connectivity index (χ4n) is 4.25. The molecule has 7 nitrogen and oxygen atoms in total. The largest absolute Gasteiger partial charge is 0.352 e. The van der Waals surface area contributed by atoms with Gasteiger partial charge in [0.15, 0.2) is 0 Å². The first-order valence-corrected chi connectivity index (χ1v) is 15.4. The summed E-state index contributed by atoms with van der Waals surface area (Å²) in [6.45, 7) is 5.34. The van der Waals surface area contributed by atoms with Crippen LogP contribution in [0.3, 0.4) is 0 Å². The van der Waals surface area contributed by atoms with Crippen LogP contribution in [0.4, 0.5) is 5.69 Å². The monoisotopic (exact) mass is 603 g/mol. The number of hydrogen-bond acceptors (Lipinski definition) is 4. The number of rotatable bonds is 13. The summed E-state index contributed by atoms with van der Waals surface area (Å²) in [5, 5.41) is 3.35. The molecule has 0 aliphatic rings. The number of halogens is 2. The number of sulfonamides is 1. The zero-order valence-electron chi connectivity index (χ0n) is 22.9. The Labute approximate surface area is 247 Å². The first-order valence-electron chi connectivity index (χ1n) is 13.2. The summed E-state index contributed by atoms with van der Waals surface area (Å²) in [5.41, 5.74) is 1.07. The zero-order valence-corrected chi connectivity index (χ0v) is 25.2. The van der Waals surface area contributed by atoms with Crippen LogP contribution >= 0.6 is 23.2 Å². The Morgan fingerprint density at radius 2 is 1.52 bits per heavy atom. The van der Waals surface area contributed by atoms with Crippen molar-refractivity contribution in [2.75, 3.05) is 17.4 Å². The molecule has 3 rings (SSSR count). The predicted molar refractivity (Wildman–Crippen MR) is 161 cm³/mol. The molecule has 10 heteroatoms. The van der Waals surface area contributed by atoms with Crippen molar-refractivity contribution in [3.05, 3.63) is 94.5 Å².